The molecule has 0 saturated carbocycles. The molecule has 0 spiro atoms. The molecule has 0 saturated heterocycles. The number of furan rings is 1. The highest BCUT2D eigenvalue weighted by atomic mass is 16.5. The van der Waals surface area contributed by atoms with Gasteiger partial charge in [-0.05, 0) is 35.7 Å². The first kappa shape index (κ1) is 16.1. The zero-order valence-corrected chi connectivity index (χ0v) is 12.8. The molecule has 0 fully saturated rings. The quantitative estimate of drug-likeness (QED) is 0.825. The third kappa shape index (κ3) is 4.36. The maximum Gasteiger partial charge on any atom is 0.287 e. The van der Waals surface area contributed by atoms with Crippen LogP contribution in [0.25, 0.3) is 0 Å². The fraction of sp³-hybridized carbons (Fsp3) is 0.353. The van der Waals surface area contributed by atoms with Crippen LogP contribution in [0.4, 0.5) is 0 Å². The first-order chi connectivity index (χ1) is 10.6. The predicted octanol–water partition coefficient (Wildman–Crippen LogP) is 2.70. The third-order valence-electron chi connectivity index (χ3n) is 3.21. The Balaban J connectivity index is 1.89. The van der Waals surface area contributed by atoms with Gasteiger partial charge in [0.05, 0.1) is 6.61 Å². The number of benzene rings is 1. The van der Waals surface area contributed by atoms with Gasteiger partial charge >= 0.3 is 0 Å². The highest BCUT2D eigenvalue weighted by Gasteiger charge is 2.10. The van der Waals surface area contributed by atoms with Gasteiger partial charge in [0, 0.05) is 6.54 Å². The molecule has 0 aliphatic heterocycles. The molecular weight excluding hydrogens is 282 g/mol. The van der Waals surface area contributed by atoms with E-state index in [1.807, 2.05) is 24.3 Å². The number of hydrogen-bond donors (Lipinski definition) is 2. The number of ether oxygens (including phenoxy) is 1. The smallest absolute Gasteiger partial charge is 0.287 e. The second-order valence-corrected chi connectivity index (χ2v) is 5.26. The van der Waals surface area contributed by atoms with Crippen LogP contribution >= 0.6 is 0 Å². The summed E-state index contributed by atoms with van der Waals surface area (Å²) in [5, 5.41) is 11.2. The molecule has 0 aliphatic rings. The van der Waals surface area contributed by atoms with Crippen molar-refractivity contribution in [2.45, 2.75) is 26.4 Å². The van der Waals surface area contributed by atoms with Crippen LogP contribution in [0.3, 0.4) is 0 Å². The number of carbonyl (C=O) groups excluding carboxylic acids is 1. The van der Waals surface area contributed by atoms with Crippen molar-refractivity contribution >= 4 is 5.91 Å². The Bertz CT molecular complexity index is 601. The average Bonchev–Trinajstić information content (AvgIpc) is 3.00. The summed E-state index contributed by atoms with van der Waals surface area (Å²) in [4.78, 5) is 11.6. The fourth-order valence-corrected chi connectivity index (χ4v) is 1.94. The number of nitrogens with one attached hydrogen (secondary N) is 1. The summed E-state index contributed by atoms with van der Waals surface area (Å²) in [5.74, 6) is 1.68. The van der Waals surface area contributed by atoms with Crippen molar-refractivity contribution in [1.29, 1.82) is 0 Å². The van der Waals surface area contributed by atoms with E-state index >= 15 is 0 Å². The number of carbonyl (C=O) groups is 1. The molecule has 0 aliphatic carbocycles. The Morgan fingerprint density at radius 1 is 1.23 bits per heavy atom. The minimum absolute atomic E-state index is 0.102. The van der Waals surface area contributed by atoms with Gasteiger partial charge in [-0.25, -0.2) is 0 Å². The van der Waals surface area contributed by atoms with E-state index in [4.69, 9.17) is 14.3 Å². The number of aliphatic hydroxyl groups excluding tert-OH is 1. The third-order valence-corrected chi connectivity index (χ3v) is 3.21. The Morgan fingerprint density at radius 3 is 2.59 bits per heavy atom. The van der Waals surface area contributed by atoms with Gasteiger partial charge < -0.3 is 19.6 Å². The maximum atomic E-state index is 11.6. The normalized spacial score (nSPS) is 10.7. The van der Waals surface area contributed by atoms with Gasteiger partial charge in [-0.1, -0.05) is 26.0 Å². The Kier molecular flexibility index (Phi) is 5.61. The lowest BCUT2D eigenvalue weighted by Crippen LogP contribution is -2.25. The highest BCUT2D eigenvalue weighted by molar-refractivity contribution is 5.91. The Morgan fingerprint density at radius 2 is 1.95 bits per heavy atom. The molecule has 1 aromatic carbocycles. The summed E-state index contributed by atoms with van der Waals surface area (Å²) in [6, 6.07) is 11.2. The monoisotopic (exact) mass is 303 g/mol. The molecule has 1 aromatic heterocycles. The van der Waals surface area contributed by atoms with Crippen LogP contribution in [-0.4, -0.2) is 24.2 Å². The number of rotatable bonds is 7. The second kappa shape index (κ2) is 7.66. The van der Waals surface area contributed by atoms with Gasteiger partial charge in [-0.15, -0.1) is 0 Å². The Hall–Kier alpha value is -2.27. The van der Waals surface area contributed by atoms with Gasteiger partial charge in [0.25, 0.3) is 5.91 Å². The summed E-state index contributed by atoms with van der Waals surface area (Å²) in [5.41, 5.74) is 1.26. The first-order valence-electron chi connectivity index (χ1n) is 7.30. The summed E-state index contributed by atoms with van der Waals surface area (Å²) in [7, 11) is 0. The van der Waals surface area contributed by atoms with Gasteiger partial charge in [0.15, 0.2) is 5.76 Å². The molecular formula is C17H21NO4. The fourth-order valence-electron chi connectivity index (χ4n) is 1.94. The van der Waals surface area contributed by atoms with Crippen molar-refractivity contribution in [2.24, 2.45) is 0 Å². The van der Waals surface area contributed by atoms with Crippen LogP contribution in [0.15, 0.2) is 40.8 Å². The van der Waals surface area contributed by atoms with Crippen LogP contribution in [0.2, 0.25) is 0 Å². The van der Waals surface area contributed by atoms with Crippen LogP contribution in [0.5, 0.6) is 5.75 Å². The molecule has 0 radical (unpaired) electrons. The second-order valence-electron chi connectivity index (χ2n) is 5.26. The Labute approximate surface area is 129 Å². The molecule has 22 heavy (non-hydrogen) atoms. The van der Waals surface area contributed by atoms with Crippen molar-refractivity contribution in [3.63, 3.8) is 0 Å². The van der Waals surface area contributed by atoms with E-state index in [9.17, 15) is 4.79 Å². The molecule has 5 nitrogen and oxygen atoms in total. The van der Waals surface area contributed by atoms with Crippen molar-refractivity contribution in [3.8, 4) is 5.75 Å². The van der Waals surface area contributed by atoms with Gasteiger partial charge in [0.2, 0.25) is 0 Å². The van der Waals surface area contributed by atoms with Crippen molar-refractivity contribution in [2.75, 3.05) is 13.2 Å². The van der Waals surface area contributed by atoms with Crippen LogP contribution in [0.1, 0.15) is 41.6 Å². The van der Waals surface area contributed by atoms with Crippen LogP contribution in [0, 0.1) is 0 Å². The van der Waals surface area contributed by atoms with Crippen molar-refractivity contribution in [3.05, 3.63) is 53.5 Å². The van der Waals surface area contributed by atoms with E-state index in [1.54, 1.807) is 12.1 Å². The van der Waals surface area contributed by atoms with Crippen molar-refractivity contribution < 1.29 is 19.1 Å². The van der Waals surface area contributed by atoms with E-state index in [2.05, 4.69) is 19.2 Å². The largest absolute Gasteiger partial charge is 0.486 e. The molecule has 2 N–H and O–H groups in total. The lowest BCUT2D eigenvalue weighted by atomic mass is 10.0. The van der Waals surface area contributed by atoms with Crippen LogP contribution < -0.4 is 10.1 Å². The van der Waals surface area contributed by atoms with Gasteiger partial charge in [-0.3, -0.25) is 4.79 Å². The number of hydrogen-bond acceptors (Lipinski definition) is 4. The van der Waals surface area contributed by atoms with E-state index in [0.717, 1.165) is 5.75 Å². The average molecular weight is 303 g/mol. The van der Waals surface area contributed by atoms with Crippen LogP contribution in [-0.2, 0) is 6.61 Å². The zero-order chi connectivity index (χ0) is 15.9. The molecule has 118 valence electrons. The SMILES string of the molecule is CC(C)c1ccc(OCc2ccc(C(=O)NCCO)o2)cc1. The molecule has 2 aromatic rings. The lowest BCUT2D eigenvalue weighted by molar-refractivity contribution is 0.0913. The minimum Gasteiger partial charge on any atom is -0.486 e. The first-order valence-corrected chi connectivity index (χ1v) is 7.30. The van der Waals surface area contributed by atoms with E-state index in [1.165, 1.54) is 5.56 Å². The van der Waals surface area contributed by atoms with E-state index in [0.29, 0.717) is 11.7 Å². The standard InChI is InChI=1S/C17H21NO4/c1-12(2)13-3-5-14(6-4-13)21-11-15-7-8-16(22-15)17(20)18-9-10-19/h3-8,12,19H,9-11H2,1-2H3,(H,18,20). The zero-order valence-electron chi connectivity index (χ0n) is 12.8. The van der Waals surface area contributed by atoms with Gasteiger partial charge in [0.1, 0.15) is 18.1 Å². The highest BCUT2D eigenvalue weighted by Crippen LogP contribution is 2.19. The van der Waals surface area contributed by atoms with E-state index in [-0.39, 0.29) is 31.4 Å². The number of amides is 1. The number of aliphatic hydroxyl groups is 1. The summed E-state index contributed by atoms with van der Waals surface area (Å²) >= 11 is 0. The van der Waals surface area contributed by atoms with Crippen molar-refractivity contribution in [1.82, 2.24) is 5.32 Å². The maximum absolute atomic E-state index is 11.6. The van der Waals surface area contributed by atoms with E-state index < -0.39 is 0 Å². The topological polar surface area (TPSA) is 71.7 Å². The predicted molar refractivity (Wildman–Crippen MR) is 83.0 cm³/mol. The summed E-state index contributed by atoms with van der Waals surface area (Å²) in [6.07, 6.45) is 0. The molecule has 2 rings (SSSR count). The molecule has 1 heterocycles. The molecule has 0 unspecified atom stereocenters. The van der Waals surface area contributed by atoms with Gasteiger partial charge in [-0.2, -0.15) is 0 Å². The molecule has 0 bridgehead atoms. The molecule has 5 heteroatoms. The minimum atomic E-state index is -0.346. The lowest BCUT2D eigenvalue weighted by Gasteiger charge is -2.08. The summed E-state index contributed by atoms with van der Waals surface area (Å²) in [6.45, 7) is 4.64. The molecule has 1 amide bonds. The summed E-state index contributed by atoms with van der Waals surface area (Å²) < 4.78 is 11.0. The molecule has 0 atom stereocenters.